The number of aromatic nitrogens is 2. The molecular weight excluding hydrogens is 254 g/mol. The first-order valence-electron chi connectivity index (χ1n) is 6.05. The molecule has 18 heavy (non-hydrogen) atoms. The Morgan fingerprint density at radius 1 is 1.56 bits per heavy atom. The lowest BCUT2D eigenvalue weighted by atomic mass is 10.0. The fraction of sp³-hybridized carbons (Fsp3) is 0.583. The SMILES string of the molecule is O=C(O)C1(CN2CCc3nc(Cl)ncc3C2)CC1. The van der Waals surface area contributed by atoms with Gasteiger partial charge in [-0.05, 0) is 24.4 Å². The first-order valence-corrected chi connectivity index (χ1v) is 6.43. The predicted molar refractivity (Wildman–Crippen MR) is 65.3 cm³/mol. The molecule has 0 radical (unpaired) electrons. The van der Waals surface area contributed by atoms with Crippen molar-refractivity contribution < 1.29 is 9.90 Å². The van der Waals surface area contributed by atoms with Crippen LogP contribution >= 0.6 is 11.6 Å². The number of fused-ring (bicyclic) bond motifs is 1. The standard InChI is InChI=1S/C12H14ClN3O2/c13-11-14-5-8-6-16(4-1-9(8)15-11)7-12(2-3-12)10(17)18/h5H,1-4,6-7H2,(H,17,18). The molecule has 0 atom stereocenters. The van der Waals surface area contributed by atoms with Crippen LogP contribution in [0.15, 0.2) is 6.20 Å². The van der Waals surface area contributed by atoms with E-state index >= 15 is 0 Å². The molecule has 1 aliphatic carbocycles. The topological polar surface area (TPSA) is 66.3 Å². The number of rotatable bonds is 3. The predicted octanol–water partition coefficient (Wildman–Crippen LogP) is 1.35. The third kappa shape index (κ3) is 2.08. The number of carboxylic acids is 1. The van der Waals surface area contributed by atoms with E-state index in [-0.39, 0.29) is 5.28 Å². The van der Waals surface area contributed by atoms with Crippen molar-refractivity contribution in [1.29, 1.82) is 0 Å². The van der Waals surface area contributed by atoms with Crippen molar-refractivity contribution >= 4 is 17.6 Å². The van der Waals surface area contributed by atoms with E-state index in [1.807, 2.05) is 0 Å². The quantitative estimate of drug-likeness (QED) is 0.838. The Morgan fingerprint density at radius 3 is 3.00 bits per heavy atom. The van der Waals surface area contributed by atoms with Gasteiger partial charge in [-0.2, -0.15) is 0 Å². The zero-order valence-electron chi connectivity index (χ0n) is 9.90. The third-order valence-electron chi connectivity index (χ3n) is 3.82. The molecular formula is C12H14ClN3O2. The highest BCUT2D eigenvalue weighted by Crippen LogP contribution is 2.46. The Labute approximate surface area is 110 Å². The molecule has 1 saturated carbocycles. The molecule has 1 aliphatic heterocycles. The zero-order chi connectivity index (χ0) is 12.8. The minimum absolute atomic E-state index is 0.284. The lowest BCUT2D eigenvalue weighted by Gasteiger charge is -2.29. The van der Waals surface area contributed by atoms with Crippen molar-refractivity contribution in [2.24, 2.45) is 5.41 Å². The Kier molecular flexibility index (Phi) is 2.75. The highest BCUT2D eigenvalue weighted by atomic mass is 35.5. The minimum atomic E-state index is -0.666. The van der Waals surface area contributed by atoms with E-state index in [0.717, 1.165) is 43.6 Å². The second-order valence-electron chi connectivity index (χ2n) is 5.16. The van der Waals surface area contributed by atoms with E-state index in [1.165, 1.54) is 0 Å². The molecule has 0 unspecified atom stereocenters. The van der Waals surface area contributed by atoms with Crippen LogP contribution in [-0.4, -0.2) is 39.0 Å². The second-order valence-corrected chi connectivity index (χ2v) is 5.50. The van der Waals surface area contributed by atoms with E-state index in [0.29, 0.717) is 6.54 Å². The van der Waals surface area contributed by atoms with Crippen molar-refractivity contribution in [2.45, 2.75) is 25.8 Å². The second kappa shape index (κ2) is 4.17. The van der Waals surface area contributed by atoms with E-state index in [2.05, 4.69) is 14.9 Å². The summed E-state index contributed by atoms with van der Waals surface area (Å²) < 4.78 is 0. The maximum absolute atomic E-state index is 11.2. The molecule has 6 heteroatoms. The van der Waals surface area contributed by atoms with E-state index in [4.69, 9.17) is 11.6 Å². The molecule has 0 saturated heterocycles. The first-order chi connectivity index (χ1) is 8.59. The van der Waals surface area contributed by atoms with E-state index in [1.54, 1.807) is 6.20 Å². The highest BCUT2D eigenvalue weighted by molar-refractivity contribution is 6.28. The first kappa shape index (κ1) is 11.9. The molecule has 0 aromatic carbocycles. The van der Waals surface area contributed by atoms with Gasteiger partial charge in [0.1, 0.15) is 0 Å². The van der Waals surface area contributed by atoms with Gasteiger partial charge in [0.15, 0.2) is 0 Å². The molecule has 1 aromatic heterocycles. The monoisotopic (exact) mass is 267 g/mol. The van der Waals surface area contributed by atoms with Gasteiger partial charge in [0, 0.05) is 37.8 Å². The zero-order valence-corrected chi connectivity index (χ0v) is 10.7. The van der Waals surface area contributed by atoms with Gasteiger partial charge < -0.3 is 5.11 Å². The average molecular weight is 268 g/mol. The van der Waals surface area contributed by atoms with Crippen LogP contribution in [0.25, 0.3) is 0 Å². The van der Waals surface area contributed by atoms with Crippen molar-refractivity contribution in [3.8, 4) is 0 Å². The normalized spacial score (nSPS) is 21.4. The fourth-order valence-corrected chi connectivity index (χ4v) is 2.65. The average Bonchev–Trinajstić information content (AvgIpc) is 3.10. The number of carboxylic acid groups (broad SMARTS) is 1. The maximum Gasteiger partial charge on any atom is 0.310 e. The lowest BCUT2D eigenvalue weighted by molar-refractivity contribution is -0.144. The summed E-state index contributed by atoms with van der Waals surface area (Å²) in [7, 11) is 0. The number of hydrogen-bond donors (Lipinski definition) is 1. The molecule has 0 amide bonds. The van der Waals surface area contributed by atoms with Gasteiger partial charge in [-0.15, -0.1) is 0 Å². The summed E-state index contributed by atoms with van der Waals surface area (Å²) >= 11 is 5.76. The van der Waals surface area contributed by atoms with Gasteiger partial charge in [0.05, 0.1) is 11.1 Å². The summed E-state index contributed by atoms with van der Waals surface area (Å²) in [6.07, 6.45) is 4.15. The van der Waals surface area contributed by atoms with Crippen LogP contribution in [0.1, 0.15) is 24.1 Å². The molecule has 1 N–H and O–H groups in total. The lowest BCUT2D eigenvalue weighted by Crippen LogP contribution is -2.38. The number of halogens is 1. The Balaban J connectivity index is 1.72. The fourth-order valence-electron chi connectivity index (χ4n) is 2.50. The summed E-state index contributed by atoms with van der Waals surface area (Å²) in [6.45, 7) is 2.20. The van der Waals surface area contributed by atoms with Crippen LogP contribution in [0.2, 0.25) is 5.28 Å². The minimum Gasteiger partial charge on any atom is -0.481 e. The molecule has 96 valence electrons. The van der Waals surface area contributed by atoms with Crippen LogP contribution < -0.4 is 0 Å². The largest absolute Gasteiger partial charge is 0.481 e. The number of aliphatic carboxylic acids is 1. The van der Waals surface area contributed by atoms with Crippen LogP contribution in [0, 0.1) is 5.41 Å². The summed E-state index contributed by atoms with van der Waals surface area (Å²) in [6, 6.07) is 0. The van der Waals surface area contributed by atoms with Crippen molar-refractivity contribution in [1.82, 2.24) is 14.9 Å². The van der Waals surface area contributed by atoms with Crippen molar-refractivity contribution in [3.05, 3.63) is 22.7 Å². The Morgan fingerprint density at radius 2 is 2.33 bits per heavy atom. The van der Waals surface area contributed by atoms with Gasteiger partial charge in [-0.25, -0.2) is 9.97 Å². The Hall–Kier alpha value is -1.20. The van der Waals surface area contributed by atoms with Gasteiger partial charge >= 0.3 is 5.97 Å². The van der Waals surface area contributed by atoms with Crippen LogP contribution in [0.3, 0.4) is 0 Å². The third-order valence-corrected chi connectivity index (χ3v) is 4.00. The van der Waals surface area contributed by atoms with Crippen LogP contribution in [0.5, 0.6) is 0 Å². The molecule has 3 rings (SSSR count). The molecule has 0 bridgehead atoms. The van der Waals surface area contributed by atoms with Gasteiger partial charge in [0.25, 0.3) is 0 Å². The number of hydrogen-bond acceptors (Lipinski definition) is 4. The van der Waals surface area contributed by atoms with Crippen molar-refractivity contribution in [2.75, 3.05) is 13.1 Å². The molecule has 1 aromatic rings. The number of carbonyl (C=O) groups is 1. The summed E-state index contributed by atoms with van der Waals surface area (Å²) in [5.41, 5.74) is 1.56. The highest BCUT2D eigenvalue weighted by Gasteiger charge is 2.51. The maximum atomic E-state index is 11.2. The molecule has 0 spiro atoms. The smallest absolute Gasteiger partial charge is 0.310 e. The molecule has 2 heterocycles. The molecule has 5 nitrogen and oxygen atoms in total. The van der Waals surface area contributed by atoms with Gasteiger partial charge in [-0.1, -0.05) is 0 Å². The van der Waals surface area contributed by atoms with Crippen molar-refractivity contribution in [3.63, 3.8) is 0 Å². The molecule has 2 aliphatic rings. The van der Waals surface area contributed by atoms with Gasteiger partial charge in [-0.3, -0.25) is 9.69 Å². The summed E-state index contributed by atoms with van der Waals surface area (Å²) in [5.74, 6) is -0.666. The van der Waals surface area contributed by atoms with Gasteiger partial charge in [0.2, 0.25) is 5.28 Å². The Bertz CT molecular complexity index is 502. The number of nitrogens with zero attached hydrogens (tertiary/aromatic N) is 3. The van der Waals surface area contributed by atoms with E-state index in [9.17, 15) is 9.90 Å². The van der Waals surface area contributed by atoms with Crippen LogP contribution in [-0.2, 0) is 17.8 Å². The van der Waals surface area contributed by atoms with Crippen LogP contribution in [0.4, 0.5) is 0 Å². The molecule has 1 fully saturated rings. The summed E-state index contributed by atoms with van der Waals surface area (Å²) in [4.78, 5) is 21.6. The summed E-state index contributed by atoms with van der Waals surface area (Å²) in [5, 5.41) is 9.48. The van der Waals surface area contributed by atoms with E-state index < -0.39 is 11.4 Å².